The van der Waals surface area contributed by atoms with E-state index in [0.29, 0.717) is 11.7 Å². The number of benzene rings is 2. The van der Waals surface area contributed by atoms with Crippen molar-refractivity contribution in [1.29, 1.82) is 0 Å². The Labute approximate surface area is 163 Å². The summed E-state index contributed by atoms with van der Waals surface area (Å²) in [6, 6.07) is 20.7. The molecule has 0 amide bonds. The third kappa shape index (κ3) is 3.16. The summed E-state index contributed by atoms with van der Waals surface area (Å²) >= 11 is 0. The molecule has 1 aliphatic rings. The maximum Gasteiger partial charge on any atom is 0.259 e. The minimum atomic E-state index is 0.486. The van der Waals surface area contributed by atoms with E-state index < -0.39 is 0 Å². The van der Waals surface area contributed by atoms with E-state index in [0.717, 1.165) is 42.0 Å². The monoisotopic (exact) mass is 368 g/mol. The van der Waals surface area contributed by atoms with Gasteiger partial charge < -0.3 is 9.42 Å². The minimum Gasteiger partial charge on any atom is -0.352 e. The molecule has 0 bridgehead atoms. The first kappa shape index (κ1) is 16.7. The largest absolute Gasteiger partial charge is 0.352 e. The lowest BCUT2D eigenvalue weighted by molar-refractivity contribution is 0.432. The lowest BCUT2D eigenvalue weighted by Crippen LogP contribution is -2.30. The summed E-state index contributed by atoms with van der Waals surface area (Å²) in [4.78, 5) is 11.5. The Hall–Kier alpha value is -3.47. The Kier molecular flexibility index (Phi) is 4.13. The average Bonchev–Trinajstić information content (AvgIpc) is 3.24. The van der Waals surface area contributed by atoms with Crippen LogP contribution < -0.4 is 4.90 Å². The van der Waals surface area contributed by atoms with Crippen LogP contribution in [0.25, 0.3) is 22.8 Å². The summed E-state index contributed by atoms with van der Waals surface area (Å²) in [6.07, 6.45) is 2.85. The molecule has 2 aromatic carbocycles. The fourth-order valence-electron chi connectivity index (χ4n) is 3.63. The molecule has 138 valence electrons. The highest BCUT2D eigenvalue weighted by Gasteiger charge is 2.17. The Balaban J connectivity index is 1.36. The highest BCUT2D eigenvalue weighted by Crippen LogP contribution is 2.26. The second-order valence-corrected chi connectivity index (χ2v) is 7.14. The second-order valence-electron chi connectivity index (χ2n) is 7.14. The molecule has 0 fully saturated rings. The van der Waals surface area contributed by atoms with E-state index in [2.05, 4.69) is 44.3 Å². The average molecular weight is 368 g/mol. The van der Waals surface area contributed by atoms with Crippen LogP contribution in [0.5, 0.6) is 0 Å². The van der Waals surface area contributed by atoms with Crippen LogP contribution in [-0.4, -0.2) is 21.7 Å². The van der Waals surface area contributed by atoms with Gasteiger partial charge in [0.2, 0.25) is 5.82 Å². The quantitative estimate of drug-likeness (QED) is 0.526. The molecule has 0 saturated heterocycles. The lowest BCUT2D eigenvalue weighted by atomic mass is 10.00. The SMILES string of the molecule is Cc1cccc(-c2noc(-c3ccc(N4CCc5ccccc5C4)nc3)n2)c1. The van der Waals surface area contributed by atoms with Gasteiger partial charge in [-0.15, -0.1) is 0 Å². The summed E-state index contributed by atoms with van der Waals surface area (Å²) < 4.78 is 5.46. The first-order valence-electron chi connectivity index (χ1n) is 9.45. The zero-order valence-corrected chi connectivity index (χ0v) is 15.7. The fourth-order valence-corrected chi connectivity index (χ4v) is 3.63. The van der Waals surface area contributed by atoms with Gasteiger partial charge in [-0.2, -0.15) is 4.98 Å². The summed E-state index contributed by atoms with van der Waals surface area (Å²) in [7, 11) is 0. The Bertz CT molecular complexity index is 1120. The third-order valence-corrected chi connectivity index (χ3v) is 5.15. The number of fused-ring (bicyclic) bond motifs is 1. The molecular weight excluding hydrogens is 348 g/mol. The molecule has 5 rings (SSSR count). The Morgan fingerprint density at radius 2 is 1.82 bits per heavy atom. The first-order valence-corrected chi connectivity index (χ1v) is 9.45. The van der Waals surface area contributed by atoms with Crippen molar-refractivity contribution in [3.8, 4) is 22.8 Å². The molecule has 0 aliphatic carbocycles. The van der Waals surface area contributed by atoms with E-state index in [1.54, 1.807) is 0 Å². The van der Waals surface area contributed by atoms with Gasteiger partial charge in [-0.05, 0) is 42.7 Å². The van der Waals surface area contributed by atoms with E-state index in [9.17, 15) is 0 Å². The number of hydrogen-bond donors (Lipinski definition) is 0. The lowest BCUT2D eigenvalue weighted by Gasteiger charge is -2.29. The Morgan fingerprint density at radius 1 is 0.929 bits per heavy atom. The van der Waals surface area contributed by atoms with Crippen LogP contribution in [0.3, 0.4) is 0 Å². The summed E-state index contributed by atoms with van der Waals surface area (Å²) in [6.45, 7) is 3.91. The van der Waals surface area contributed by atoms with Crippen LogP contribution in [0, 0.1) is 6.92 Å². The minimum absolute atomic E-state index is 0.486. The molecule has 0 spiro atoms. The third-order valence-electron chi connectivity index (χ3n) is 5.15. The van der Waals surface area contributed by atoms with Crippen molar-refractivity contribution >= 4 is 5.82 Å². The number of pyridine rings is 1. The molecule has 5 heteroatoms. The van der Waals surface area contributed by atoms with E-state index in [1.807, 2.05) is 49.5 Å². The number of nitrogens with zero attached hydrogens (tertiary/aromatic N) is 4. The van der Waals surface area contributed by atoms with Crippen LogP contribution >= 0.6 is 0 Å². The number of aryl methyl sites for hydroxylation is 1. The smallest absolute Gasteiger partial charge is 0.259 e. The molecule has 1 aliphatic heterocycles. The van der Waals surface area contributed by atoms with Crippen LogP contribution in [0.2, 0.25) is 0 Å². The van der Waals surface area contributed by atoms with E-state index in [-0.39, 0.29) is 0 Å². The van der Waals surface area contributed by atoms with Gasteiger partial charge >= 0.3 is 0 Å². The van der Waals surface area contributed by atoms with Crippen molar-refractivity contribution < 1.29 is 4.52 Å². The highest BCUT2D eigenvalue weighted by atomic mass is 16.5. The summed E-state index contributed by atoms with van der Waals surface area (Å²) in [5.41, 5.74) is 5.75. The van der Waals surface area contributed by atoms with Gasteiger partial charge in [0.1, 0.15) is 5.82 Å². The van der Waals surface area contributed by atoms with Crippen molar-refractivity contribution in [2.75, 3.05) is 11.4 Å². The molecule has 4 aromatic rings. The Morgan fingerprint density at radius 3 is 2.64 bits per heavy atom. The fraction of sp³-hybridized carbons (Fsp3) is 0.174. The van der Waals surface area contributed by atoms with Crippen molar-refractivity contribution in [3.63, 3.8) is 0 Å². The maximum absolute atomic E-state index is 5.46. The number of rotatable bonds is 3. The molecule has 28 heavy (non-hydrogen) atoms. The van der Waals surface area contributed by atoms with Crippen LogP contribution in [-0.2, 0) is 13.0 Å². The predicted molar refractivity (Wildman–Crippen MR) is 109 cm³/mol. The van der Waals surface area contributed by atoms with Gasteiger partial charge in [-0.25, -0.2) is 4.98 Å². The molecule has 0 radical (unpaired) electrons. The highest BCUT2D eigenvalue weighted by molar-refractivity contribution is 5.61. The number of aromatic nitrogens is 3. The first-order chi connectivity index (χ1) is 13.8. The topological polar surface area (TPSA) is 55.1 Å². The summed E-state index contributed by atoms with van der Waals surface area (Å²) in [5.74, 6) is 2.05. The van der Waals surface area contributed by atoms with Crippen LogP contribution in [0.4, 0.5) is 5.82 Å². The van der Waals surface area contributed by atoms with Crippen LogP contribution in [0.1, 0.15) is 16.7 Å². The van der Waals surface area contributed by atoms with Crippen molar-refractivity contribution in [3.05, 3.63) is 83.6 Å². The molecule has 5 nitrogen and oxygen atoms in total. The van der Waals surface area contributed by atoms with Crippen molar-refractivity contribution in [2.24, 2.45) is 0 Å². The second kappa shape index (κ2) is 6.93. The number of hydrogen-bond acceptors (Lipinski definition) is 5. The standard InChI is InChI=1S/C23H20N4O/c1-16-5-4-8-18(13-16)22-25-23(28-26-22)19-9-10-21(24-14-19)27-12-11-17-6-2-3-7-20(17)15-27/h2-10,13-14H,11-12,15H2,1H3. The van der Waals surface area contributed by atoms with Gasteiger partial charge in [0.05, 0.1) is 5.56 Å². The molecule has 2 aromatic heterocycles. The van der Waals surface area contributed by atoms with Gasteiger partial charge in [-0.1, -0.05) is 53.2 Å². The van der Waals surface area contributed by atoms with Gasteiger partial charge in [0.25, 0.3) is 5.89 Å². The molecular formula is C23H20N4O. The number of anilines is 1. The zero-order valence-electron chi connectivity index (χ0n) is 15.7. The molecule has 0 saturated carbocycles. The maximum atomic E-state index is 5.46. The van der Waals surface area contributed by atoms with E-state index in [4.69, 9.17) is 4.52 Å². The molecule has 0 atom stereocenters. The predicted octanol–water partition coefficient (Wildman–Crippen LogP) is 4.67. The molecule has 0 unspecified atom stereocenters. The van der Waals surface area contributed by atoms with E-state index >= 15 is 0 Å². The van der Waals surface area contributed by atoms with Crippen molar-refractivity contribution in [1.82, 2.24) is 15.1 Å². The van der Waals surface area contributed by atoms with E-state index in [1.165, 1.54) is 11.1 Å². The van der Waals surface area contributed by atoms with Gasteiger partial charge in [-0.3, -0.25) is 0 Å². The molecule has 3 heterocycles. The van der Waals surface area contributed by atoms with Gasteiger partial charge in [0.15, 0.2) is 0 Å². The zero-order chi connectivity index (χ0) is 18.9. The van der Waals surface area contributed by atoms with Gasteiger partial charge in [0, 0.05) is 24.8 Å². The van der Waals surface area contributed by atoms with Crippen molar-refractivity contribution in [2.45, 2.75) is 19.9 Å². The summed E-state index contributed by atoms with van der Waals surface area (Å²) in [5, 5.41) is 4.12. The van der Waals surface area contributed by atoms with Crippen LogP contribution in [0.15, 0.2) is 71.4 Å². The normalized spacial score (nSPS) is 13.4. The molecule has 0 N–H and O–H groups in total.